The van der Waals surface area contributed by atoms with Gasteiger partial charge >= 0.3 is 0 Å². The molecule has 1 aromatic heterocycles. The lowest BCUT2D eigenvalue weighted by Gasteiger charge is -2.11. The van der Waals surface area contributed by atoms with E-state index in [2.05, 4.69) is 5.10 Å². The minimum Gasteiger partial charge on any atom is -0.495 e. The van der Waals surface area contributed by atoms with Gasteiger partial charge in [-0.2, -0.15) is 5.10 Å². The maximum absolute atomic E-state index is 14.1. The molecule has 5 heteroatoms. The first-order chi connectivity index (χ1) is 9.10. The highest BCUT2D eigenvalue weighted by Gasteiger charge is 2.14. The van der Waals surface area contributed by atoms with Crippen molar-refractivity contribution in [2.24, 2.45) is 0 Å². The minimum absolute atomic E-state index is 0.282. The van der Waals surface area contributed by atoms with Crippen LogP contribution >= 0.6 is 0 Å². The Hall–Kier alpha value is -2.04. The van der Waals surface area contributed by atoms with Crippen molar-refractivity contribution in [1.29, 1.82) is 0 Å². The van der Waals surface area contributed by atoms with Crippen LogP contribution in [0.1, 0.15) is 25.2 Å². The van der Waals surface area contributed by atoms with Crippen LogP contribution in [0, 0.1) is 5.82 Å². The summed E-state index contributed by atoms with van der Waals surface area (Å²) in [6.07, 6.45) is 1.59. The Morgan fingerprint density at radius 3 is 2.58 bits per heavy atom. The van der Waals surface area contributed by atoms with E-state index >= 15 is 0 Å². The van der Waals surface area contributed by atoms with Crippen molar-refractivity contribution >= 4 is 5.69 Å². The summed E-state index contributed by atoms with van der Waals surface area (Å²) in [5, 5.41) is 4.42. The fraction of sp³-hybridized carbons (Fsp3) is 0.357. The molecule has 2 rings (SSSR count). The van der Waals surface area contributed by atoms with E-state index < -0.39 is 5.82 Å². The Morgan fingerprint density at radius 1 is 1.26 bits per heavy atom. The zero-order chi connectivity index (χ0) is 14.0. The number of hydrogen-bond donors (Lipinski definition) is 1. The maximum atomic E-state index is 14.1. The van der Waals surface area contributed by atoms with E-state index in [-0.39, 0.29) is 5.69 Å². The molecule has 0 radical (unpaired) electrons. The van der Waals surface area contributed by atoms with E-state index in [0.29, 0.717) is 11.4 Å². The number of benzene rings is 1. The number of aryl methyl sites for hydroxylation is 2. The van der Waals surface area contributed by atoms with Gasteiger partial charge in [-0.3, -0.25) is 0 Å². The monoisotopic (exact) mass is 263 g/mol. The van der Waals surface area contributed by atoms with Crippen molar-refractivity contribution in [1.82, 2.24) is 9.78 Å². The molecule has 0 aliphatic carbocycles. The van der Waals surface area contributed by atoms with Crippen LogP contribution in [-0.4, -0.2) is 16.9 Å². The van der Waals surface area contributed by atoms with E-state index in [4.69, 9.17) is 10.5 Å². The second-order valence-corrected chi connectivity index (χ2v) is 4.29. The molecular weight excluding hydrogens is 245 g/mol. The summed E-state index contributed by atoms with van der Waals surface area (Å²) in [6, 6.07) is 4.83. The summed E-state index contributed by atoms with van der Waals surface area (Å²) in [7, 11) is 1.51. The normalized spacial score (nSPS) is 10.7. The molecule has 1 aromatic carbocycles. The second-order valence-electron chi connectivity index (χ2n) is 4.29. The van der Waals surface area contributed by atoms with Crippen LogP contribution in [0.15, 0.2) is 18.2 Å². The average Bonchev–Trinajstić information content (AvgIpc) is 2.82. The van der Waals surface area contributed by atoms with Gasteiger partial charge in [0.2, 0.25) is 0 Å². The molecule has 0 amide bonds. The summed E-state index contributed by atoms with van der Waals surface area (Å²) >= 11 is 0. The number of methoxy groups -OCH3 is 1. The molecule has 1 heterocycles. The van der Waals surface area contributed by atoms with E-state index in [1.165, 1.54) is 13.2 Å². The standard InChI is InChI=1S/C14H18FN3O/c1-4-9-6-10(5-2)18(17-9)13-8-14(19-3)12(16)7-11(13)15/h6-8H,4-5,16H2,1-3H3. The summed E-state index contributed by atoms with van der Waals surface area (Å²) < 4.78 is 20.8. The Morgan fingerprint density at radius 2 is 2.00 bits per heavy atom. The minimum atomic E-state index is -0.404. The van der Waals surface area contributed by atoms with Gasteiger partial charge in [0.05, 0.1) is 18.5 Å². The molecule has 0 fully saturated rings. The van der Waals surface area contributed by atoms with Crippen LogP contribution in [0.3, 0.4) is 0 Å². The number of hydrogen-bond acceptors (Lipinski definition) is 3. The number of ether oxygens (including phenoxy) is 1. The van der Waals surface area contributed by atoms with Crippen molar-refractivity contribution in [3.05, 3.63) is 35.4 Å². The van der Waals surface area contributed by atoms with Crippen molar-refractivity contribution in [3.8, 4) is 11.4 Å². The van der Waals surface area contributed by atoms with Crippen molar-refractivity contribution in [2.45, 2.75) is 26.7 Å². The largest absolute Gasteiger partial charge is 0.495 e. The molecule has 0 aliphatic rings. The fourth-order valence-electron chi connectivity index (χ4n) is 2.01. The third-order valence-corrected chi connectivity index (χ3v) is 3.09. The van der Waals surface area contributed by atoms with E-state index in [1.807, 2.05) is 19.9 Å². The molecule has 0 saturated carbocycles. The third kappa shape index (κ3) is 2.41. The number of nitrogens with zero attached hydrogens (tertiary/aromatic N) is 2. The predicted octanol–water partition coefficient (Wildman–Crippen LogP) is 2.73. The van der Waals surface area contributed by atoms with Gasteiger partial charge in [-0.1, -0.05) is 13.8 Å². The van der Waals surface area contributed by atoms with Gasteiger partial charge in [0, 0.05) is 17.8 Å². The number of nitrogen functional groups attached to an aromatic ring is 1. The third-order valence-electron chi connectivity index (χ3n) is 3.09. The van der Waals surface area contributed by atoms with E-state index in [0.717, 1.165) is 24.2 Å². The molecule has 0 bridgehead atoms. The van der Waals surface area contributed by atoms with Gasteiger partial charge < -0.3 is 10.5 Å². The summed E-state index contributed by atoms with van der Waals surface area (Å²) in [5.41, 5.74) is 8.23. The van der Waals surface area contributed by atoms with Crippen LogP contribution in [0.4, 0.5) is 10.1 Å². The molecule has 19 heavy (non-hydrogen) atoms. The quantitative estimate of drug-likeness (QED) is 0.863. The molecule has 0 unspecified atom stereocenters. The highest BCUT2D eigenvalue weighted by Crippen LogP contribution is 2.28. The zero-order valence-electron chi connectivity index (χ0n) is 11.4. The number of rotatable bonds is 4. The first-order valence-electron chi connectivity index (χ1n) is 6.31. The lowest BCUT2D eigenvalue weighted by molar-refractivity contribution is 0.415. The van der Waals surface area contributed by atoms with Crippen LogP contribution in [0.5, 0.6) is 5.75 Å². The fourth-order valence-corrected chi connectivity index (χ4v) is 2.01. The Bertz CT molecular complexity index is 593. The van der Waals surface area contributed by atoms with Crippen LogP contribution < -0.4 is 10.5 Å². The van der Waals surface area contributed by atoms with E-state index in [9.17, 15) is 4.39 Å². The molecule has 0 spiro atoms. The summed E-state index contributed by atoms with van der Waals surface area (Å²) in [6.45, 7) is 4.03. The Kier molecular flexibility index (Phi) is 3.74. The molecule has 0 aliphatic heterocycles. The Labute approximate surface area is 112 Å². The summed E-state index contributed by atoms with van der Waals surface area (Å²) in [4.78, 5) is 0. The van der Waals surface area contributed by atoms with Gasteiger partial charge in [-0.05, 0) is 18.9 Å². The highest BCUT2D eigenvalue weighted by atomic mass is 19.1. The lowest BCUT2D eigenvalue weighted by atomic mass is 10.2. The lowest BCUT2D eigenvalue weighted by Crippen LogP contribution is -2.06. The second kappa shape index (κ2) is 5.30. The molecular formula is C14H18FN3O. The molecule has 2 N–H and O–H groups in total. The van der Waals surface area contributed by atoms with Gasteiger partial charge in [0.25, 0.3) is 0 Å². The van der Waals surface area contributed by atoms with Crippen molar-refractivity contribution in [2.75, 3.05) is 12.8 Å². The maximum Gasteiger partial charge on any atom is 0.151 e. The van der Waals surface area contributed by atoms with E-state index in [1.54, 1.807) is 10.7 Å². The number of aromatic nitrogens is 2. The molecule has 2 aromatic rings. The first-order valence-corrected chi connectivity index (χ1v) is 6.31. The predicted molar refractivity (Wildman–Crippen MR) is 73.2 cm³/mol. The van der Waals surface area contributed by atoms with Crippen LogP contribution in [-0.2, 0) is 12.8 Å². The molecule has 4 nitrogen and oxygen atoms in total. The SMILES string of the molecule is CCc1cc(CC)n(-c2cc(OC)c(N)cc2F)n1. The van der Waals surface area contributed by atoms with Crippen molar-refractivity contribution < 1.29 is 9.13 Å². The number of anilines is 1. The highest BCUT2D eigenvalue weighted by molar-refractivity contribution is 5.58. The van der Waals surface area contributed by atoms with Gasteiger partial charge in [-0.25, -0.2) is 9.07 Å². The Balaban J connectivity index is 2.60. The molecule has 102 valence electrons. The topological polar surface area (TPSA) is 53.1 Å². The van der Waals surface area contributed by atoms with Crippen LogP contribution in [0.25, 0.3) is 5.69 Å². The van der Waals surface area contributed by atoms with Gasteiger partial charge in [0.15, 0.2) is 5.82 Å². The smallest absolute Gasteiger partial charge is 0.151 e. The molecule has 0 atom stereocenters. The number of nitrogens with two attached hydrogens (primary N) is 1. The summed E-state index contributed by atoms with van der Waals surface area (Å²) in [5.74, 6) is 0.0470. The van der Waals surface area contributed by atoms with Crippen molar-refractivity contribution in [3.63, 3.8) is 0 Å². The molecule has 0 saturated heterocycles. The number of halogens is 1. The van der Waals surface area contributed by atoms with Crippen LogP contribution in [0.2, 0.25) is 0 Å². The van der Waals surface area contributed by atoms with Gasteiger partial charge in [-0.15, -0.1) is 0 Å². The van der Waals surface area contributed by atoms with Gasteiger partial charge in [0.1, 0.15) is 11.4 Å². The first kappa shape index (κ1) is 13.4. The average molecular weight is 263 g/mol. The zero-order valence-corrected chi connectivity index (χ0v) is 11.4.